The molecular formula is C14H16O4. The number of hydrogen-bond acceptors (Lipinski definition) is 4. The van der Waals surface area contributed by atoms with Crippen molar-refractivity contribution in [2.45, 2.75) is 44.4 Å². The summed E-state index contributed by atoms with van der Waals surface area (Å²) in [5.41, 5.74) is 0.410. The molecule has 2 saturated heterocycles. The van der Waals surface area contributed by atoms with Crippen molar-refractivity contribution in [3.05, 3.63) is 35.9 Å². The van der Waals surface area contributed by atoms with Crippen LogP contribution in [0.15, 0.2) is 30.3 Å². The first-order valence-electron chi connectivity index (χ1n) is 6.18. The van der Waals surface area contributed by atoms with Gasteiger partial charge in [0.25, 0.3) is 0 Å². The van der Waals surface area contributed by atoms with Gasteiger partial charge in [0.15, 0.2) is 6.29 Å². The number of rotatable bonds is 3. The minimum absolute atomic E-state index is 0.0681. The summed E-state index contributed by atoms with van der Waals surface area (Å²) in [5.74, 6) is -0.307. The summed E-state index contributed by atoms with van der Waals surface area (Å²) >= 11 is 0. The van der Waals surface area contributed by atoms with Gasteiger partial charge in [0.05, 0.1) is 5.56 Å². The van der Waals surface area contributed by atoms with E-state index in [1.54, 1.807) is 12.1 Å². The summed E-state index contributed by atoms with van der Waals surface area (Å²) in [6.07, 6.45) is 0.341. The molecule has 0 amide bonds. The first-order chi connectivity index (χ1) is 8.58. The fourth-order valence-electron chi connectivity index (χ4n) is 2.30. The average Bonchev–Trinajstić information content (AvgIpc) is 2.88. The van der Waals surface area contributed by atoms with E-state index in [0.717, 1.165) is 6.42 Å². The normalized spacial score (nSPS) is 34.8. The fourth-order valence-corrected chi connectivity index (χ4v) is 2.30. The highest BCUT2D eigenvalue weighted by atomic mass is 16.8. The summed E-state index contributed by atoms with van der Waals surface area (Å²) < 4.78 is 16.4. The van der Waals surface area contributed by atoms with Crippen molar-refractivity contribution in [1.29, 1.82) is 0 Å². The lowest BCUT2D eigenvalue weighted by atomic mass is 10.0. The lowest BCUT2D eigenvalue weighted by molar-refractivity contribution is -0.0766. The van der Waals surface area contributed by atoms with Crippen LogP contribution in [0.4, 0.5) is 0 Å². The van der Waals surface area contributed by atoms with Crippen LogP contribution < -0.4 is 0 Å². The minimum Gasteiger partial charge on any atom is -0.456 e. The van der Waals surface area contributed by atoms with Gasteiger partial charge < -0.3 is 14.2 Å². The van der Waals surface area contributed by atoms with Crippen molar-refractivity contribution >= 4 is 5.97 Å². The summed E-state index contributed by atoms with van der Waals surface area (Å²) in [6.45, 7) is 3.88. The highest BCUT2D eigenvalue weighted by Gasteiger charge is 2.62. The maximum atomic E-state index is 11.9. The first-order valence-corrected chi connectivity index (χ1v) is 6.18. The Bertz CT molecular complexity index is 458. The molecule has 4 nitrogen and oxygen atoms in total. The summed E-state index contributed by atoms with van der Waals surface area (Å²) in [6, 6.07) is 8.99. The van der Waals surface area contributed by atoms with E-state index in [4.69, 9.17) is 14.2 Å². The van der Waals surface area contributed by atoms with Crippen LogP contribution in [0.5, 0.6) is 0 Å². The van der Waals surface area contributed by atoms with E-state index in [1.165, 1.54) is 0 Å². The van der Waals surface area contributed by atoms with Crippen LogP contribution in [0.3, 0.4) is 0 Å². The number of ether oxygens (including phenoxy) is 3. The number of carbonyl (C=O) groups is 1. The van der Waals surface area contributed by atoms with E-state index in [9.17, 15) is 4.79 Å². The maximum Gasteiger partial charge on any atom is 0.338 e. The molecule has 0 aliphatic carbocycles. The quantitative estimate of drug-likeness (QED) is 0.607. The van der Waals surface area contributed by atoms with Crippen LogP contribution in [-0.4, -0.2) is 30.1 Å². The van der Waals surface area contributed by atoms with Crippen molar-refractivity contribution < 1.29 is 19.0 Å². The molecule has 4 unspecified atom stereocenters. The molecule has 2 fully saturated rings. The number of fused-ring (bicyclic) bond motifs is 1. The monoisotopic (exact) mass is 248 g/mol. The predicted molar refractivity (Wildman–Crippen MR) is 64.1 cm³/mol. The molecule has 4 heteroatoms. The number of epoxide rings is 1. The second-order valence-corrected chi connectivity index (χ2v) is 5.12. The van der Waals surface area contributed by atoms with Gasteiger partial charge >= 0.3 is 5.97 Å². The molecule has 2 aliphatic heterocycles. The third-order valence-electron chi connectivity index (χ3n) is 3.55. The van der Waals surface area contributed by atoms with Crippen molar-refractivity contribution in [1.82, 2.24) is 0 Å². The standard InChI is InChI=1S/C14H16O4/c1-9(11-8-14(2)13(17-11)18-14)16-12(15)10-6-4-3-5-7-10/h3-7,9,11,13H,8H2,1-2H3. The van der Waals surface area contributed by atoms with Gasteiger partial charge in [-0.15, -0.1) is 0 Å². The number of esters is 1. The van der Waals surface area contributed by atoms with Crippen molar-refractivity contribution in [3.63, 3.8) is 0 Å². The molecule has 18 heavy (non-hydrogen) atoms. The van der Waals surface area contributed by atoms with Gasteiger partial charge in [-0.3, -0.25) is 0 Å². The molecule has 2 aliphatic rings. The Morgan fingerprint density at radius 1 is 1.44 bits per heavy atom. The van der Waals surface area contributed by atoms with E-state index in [1.807, 2.05) is 32.0 Å². The summed E-state index contributed by atoms with van der Waals surface area (Å²) in [4.78, 5) is 11.9. The molecule has 1 aromatic rings. The first kappa shape index (κ1) is 11.7. The Hall–Kier alpha value is -1.39. The van der Waals surface area contributed by atoms with E-state index in [-0.39, 0.29) is 30.1 Å². The van der Waals surface area contributed by atoms with Crippen molar-refractivity contribution in [2.24, 2.45) is 0 Å². The Morgan fingerprint density at radius 3 is 2.78 bits per heavy atom. The Balaban J connectivity index is 1.58. The van der Waals surface area contributed by atoms with E-state index in [0.29, 0.717) is 5.56 Å². The number of hydrogen-bond donors (Lipinski definition) is 0. The topological polar surface area (TPSA) is 48.1 Å². The van der Waals surface area contributed by atoms with Crippen LogP contribution in [0.25, 0.3) is 0 Å². The molecular weight excluding hydrogens is 232 g/mol. The summed E-state index contributed by atoms with van der Waals surface area (Å²) in [5, 5.41) is 0. The van der Waals surface area contributed by atoms with E-state index < -0.39 is 0 Å². The van der Waals surface area contributed by atoms with Gasteiger partial charge in [-0.05, 0) is 26.0 Å². The zero-order valence-electron chi connectivity index (χ0n) is 10.5. The van der Waals surface area contributed by atoms with Gasteiger partial charge in [0, 0.05) is 6.42 Å². The maximum absolute atomic E-state index is 11.9. The highest BCUT2D eigenvalue weighted by Crippen LogP contribution is 2.49. The zero-order valence-corrected chi connectivity index (χ0v) is 10.5. The molecule has 4 atom stereocenters. The van der Waals surface area contributed by atoms with Crippen LogP contribution in [0.2, 0.25) is 0 Å². The Kier molecular flexibility index (Phi) is 2.64. The van der Waals surface area contributed by atoms with Crippen LogP contribution in [0.1, 0.15) is 30.6 Å². The molecule has 96 valence electrons. The third kappa shape index (κ3) is 2.02. The van der Waals surface area contributed by atoms with Crippen LogP contribution in [0, 0.1) is 0 Å². The van der Waals surface area contributed by atoms with E-state index in [2.05, 4.69) is 0 Å². The SMILES string of the molecule is CC(OC(=O)c1ccccc1)C1CC2(C)OC2O1. The summed E-state index contributed by atoms with van der Waals surface area (Å²) in [7, 11) is 0. The second-order valence-electron chi connectivity index (χ2n) is 5.12. The lowest BCUT2D eigenvalue weighted by Gasteiger charge is -2.21. The minimum atomic E-state index is -0.307. The van der Waals surface area contributed by atoms with Gasteiger partial charge in [-0.1, -0.05) is 18.2 Å². The molecule has 0 saturated carbocycles. The fraction of sp³-hybridized carbons (Fsp3) is 0.500. The largest absolute Gasteiger partial charge is 0.456 e. The van der Waals surface area contributed by atoms with Crippen molar-refractivity contribution in [2.75, 3.05) is 0 Å². The Morgan fingerprint density at radius 2 is 2.17 bits per heavy atom. The zero-order chi connectivity index (χ0) is 12.8. The van der Waals surface area contributed by atoms with Crippen molar-refractivity contribution in [3.8, 4) is 0 Å². The van der Waals surface area contributed by atoms with E-state index >= 15 is 0 Å². The van der Waals surface area contributed by atoms with Gasteiger partial charge in [0.2, 0.25) is 0 Å². The molecule has 0 spiro atoms. The molecule has 0 radical (unpaired) electrons. The van der Waals surface area contributed by atoms with Gasteiger partial charge in [-0.2, -0.15) is 0 Å². The number of carbonyl (C=O) groups excluding carboxylic acids is 1. The third-order valence-corrected chi connectivity index (χ3v) is 3.55. The van der Waals surface area contributed by atoms with Crippen LogP contribution in [-0.2, 0) is 14.2 Å². The lowest BCUT2D eigenvalue weighted by Crippen LogP contribution is -2.30. The van der Waals surface area contributed by atoms with Gasteiger partial charge in [-0.25, -0.2) is 4.79 Å². The molecule has 0 aromatic heterocycles. The average molecular weight is 248 g/mol. The number of benzene rings is 1. The Labute approximate surface area is 106 Å². The smallest absolute Gasteiger partial charge is 0.338 e. The molecule has 3 rings (SSSR count). The second kappa shape index (κ2) is 4.07. The molecule has 2 heterocycles. The van der Waals surface area contributed by atoms with Gasteiger partial charge in [0.1, 0.15) is 17.8 Å². The predicted octanol–water partition coefficient (Wildman–Crippen LogP) is 2.14. The highest BCUT2D eigenvalue weighted by molar-refractivity contribution is 5.89. The van der Waals surface area contributed by atoms with Crippen LogP contribution >= 0.6 is 0 Å². The molecule has 1 aromatic carbocycles. The molecule has 0 N–H and O–H groups in total. The molecule has 0 bridgehead atoms.